The third-order valence-electron chi connectivity index (χ3n) is 2.58. The second-order valence-electron chi connectivity index (χ2n) is 3.76. The number of hydrogen-bond acceptors (Lipinski definition) is 4. The first-order chi connectivity index (χ1) is 8.61. The Morgan fingerprint density at radius 3 is 2.33 bits per heavy atom. The molecule has 0 aliphatic rings. The Labute approximate surface area is 104 Å². The molecule has 0 radical (unpaired) electrons. The SMILES string of the molecule is COc1ccc(O)c(C(=O)c2ccc(O)cc2)c1. The van der Waals surface area contributed by atoms with E-state index in [2.05, 4.69) is 0 Å². The molecule has 18 heavy (non-hydrogen) atoms. The summed E-state index contributed by atoms with van der Waals surface area (Å²) >= 11 is 0. The topological polar surface area (TPSA) is 66.8 Å². The van der Waals surface area contributed by atoms with Crippen molar-refractivity contribution in [3.8, 4) is 17.2 Å². The molecule has 2 aromatic rings. The van der Waals surface area contributed by atoms with Gasteiger partial charge in [0.25, 0.3) is 0 Å². The molecule has 0 saturated carbocycles. The second kappa shape index (κ2) is 4.79. The van der Waals surface area contributed by atoms with Crippen molar-refractivity contribution in [3.05, 3.63) is 53.6 Å². The molecule has 0 aromatic heterocycles. The minimum atomic E-state index is -0.327. The summed E-state index contributed by atoms with van der Waals surface area (Å²) < 4.78 is 5.01. The number of rotatable bonds is 3. The normalized spacial score (nSPS) is 10.1. The highest BCUT2D eigenvalue weighted by molar-refractivity contribution is 6.10. The van der Waals surface area contributed by atoms with Crippen molar-refractivity contribution in [3.63, 3.8) is 0 Å². The van der Waals surface area contributed by atoms with E-state index in [1.165, 1.54) is 43.5 Å². The molecule has 2 rings (SSSR count). The highest BCUT2D eigenvalue weighted by Crippen LogP contribution is 2.25. The molecule has 4 heteroatoms. The quantitative estimate of drug-likeness (QED) is 0.813. The van der Waals surface area contributed by atoms with E-state index in [0.717, 1.165) is 0 Å². The second-order valence-corrected chi connectivity index (χ2v) is 3.76. The Hall–Kier alpha value is -2.49. The van der Waals surface area contributed by atoms with E-state index < -0.39 is 0 Å². The van der Waals surface area contributed by atoms with E-state index in [1.54, 1.807) is 6.07 Å². The predicted octanol–water partition coefficient (Wildman–Crippen LogP) is 2.34. The van der Waals surface area contributed by atoms with E-state index in [9.17, 15) is 9.90 Å². The molecule has 0 unspecified atom stereocenters. The van der Waals surface area contributed by atoms with Crippen LogP contribution in [0.15, 0.2) is 42.5 Å². The lowest BCUT2D eigenvalue weighted by Crippen LogP contribution is -2.01. The Bertz CT molecular complexity index is 573. The van der Waals surface area contributed by atoms with Gasteiger partial charge in [0.1, 0.15) is 17.2 Å². The Morgan fingerprint density at radius 2 is 1.72 bits per heavy atom. The summed E-state index contributed by atoms with van der Waals surface area (Å²) in [6, 6.07) is 10.3. The molecule has 4 nitrogen and oxygen atoms in total. The predicted molar refractivity (Wildman–Crippen MR) is 66.2 cm³/mol. The smallest absolute Gasteiger partial charge is 0.196 e. The monoisotopic (exact) mass is 244 g/mol. The van der Waals surface area contributed by atoms with E-state index in [0.29, 0.717) is 11.3 Å². The van der Waals surface area contributed by atoms with Crippen molar-refractivity contribution >= 4 is 5.78 Å². The van der Waals surface area contributed by atoms with E-state index >= 15 is 0 Å². The molecule has 0 amide bonds. The minimum absolute atomic E-state index is 0.0846. The molecule has 0 spiro atoms. The van der Waals surface area contributed by atoms with Crippen LogP contribution in [0, 0.1) is 0 Å². The van der Waals surface area contributed by atoms with Crippen LogP contribution in [0.2, 0.25) is 0 Å². The molecule has 0 bridgehead atoms. The molecule has 2 aromatic carbocycles. The number of ether oxygens (including phenoxy) is 1. The van der Waals surface area contributed by atoms with Gasteiger partial charge in [-0.1, -0.05) is 0 Å². The first kappa shape index (κ1) is 12.0. The third-order valence-corrected chi connectivity index (χ3v) is 2.58. The zero-order valence-electron chi connectivity index (χ0n) is 9.75. The summed E-state index contributed by atoms with van der Waals surface area (Å²) in [5, 5.41) is 18.9. The lowest BCUT2D eigenvalue weighted by Gasteiger charge is -2.06. The number of phenols is 2. The fourth-order valence-electron chi connectivity index (χ4n) is 1.59. The highest BCUT2D eigenvalue weighted by atomic mass is 16.5. The summed E-state index contributed by atoms with van der Waals surface area (Å²) in [4.78, 5) is 12.1. The fourth-order valence-corrected chi connectivity index (χ4v) is 1.59. The zero-order valence-corrected chi connectivity index (χ0v) is 9.75. The zero-order chi connectivity index (χ0) is 13.1. The molecular formula is C14H12O4. The number of ketones is 1. The number of phenolic OH excluding ortho intramolecular Hbond substituents is 2. The minimum Gasteiger partial charge on any atom is -0.508 e. The van der Waals surface area contributed by atoms with E-state index in [1.807, 2.05) is 0 Å². The fraction of sp³-hybridized carbons (Fsp3) is 0.0714. The maximum absolute atomic E-state index is 12.1. The average Bonchev–Trinajstić information content (AvgIpc) is 2.39. The standard InChI is InChI=1S/C14H12O4/c1-18-11-6-7-13(16)12(8-11)14(17)9-2-4-10(15)5-3-9/h2-8,15-16H,1H3. The number of benzene rings is 2. The molecule has 0 atom stereocenters. The van der Waals surface area contributed by atoms with Gasteiger partial charge in [-0.2, -0.15) is 0 Å². The van der Waals surface area contributed by atoms with Gasteiger partial charge in [0.15, 0.2) is 5.78 Å². The van der Waals surface area contributed by atoms with Crippen LogP contribution in [0.5, 0.6) is 17.2 Å². The van der Waals surface area contributed by atoms with Gasteiger partial charge >= 0.3 is 0 Å². The van der Waals surface area contributed by atoms with Crippen LogP contribution in [-0.2, 0) is 0 Å². The Balaban J connectivity index is 2.42. The van der Waals surface area contributed by atoms with Gasteiger partial charge in [-0.05, 0) is 42.5 Å². The lowest BCUT2D eigenvalue weighted by atomic mass is 10.0. The van der Waals surface area contributed by atoms with Gasteiger partial charge < -0.3 is 14.9 Å². The van der Waals surface area contributed by atoms with Crippen LogP contribution in [0.4, 0.5) is 0 Å². The molecule has 0 saturated heterocycles. The molecule has 0 aliphatic carbocycles. The van der Waals surface area contributed by atoms with Crippen molar-refractivity contribution in [1.82, 2.24) is 0 Å². The highest BCUT2D eigenvalue weighted by Gasteiger charge is 2.14. The van der Waals surface area contributed by atoms with Crippen LogP contribution >= 0.6 is 0 Å². The van der Waals surface area contributed by atoms with Crippen molar-refractivity contribution in [2.75, 3.05) is 7.11 Å². The summed E-state index contributed by atoms with van der Waals surface area (Å²) in [5.74, 6) is 0.150. The number of hydrogen-bond donors (Lipinski definition) is 2. The van der Waals surface area contributed by atoms with E-state index in [-0.39, 0.29) is 22.8 Å². The first-order valence-electron chi connectivity index (χ1n) is 5.32. The summed E-state index contributed by atoms with van der Waals surface area (Å²) in [7, 11) is 1.49. The van der Waals surface area contributed by atoms with Crippen molar-refractivity contribution in [2.24, 2.45) is 0 Å². The Morgan fingerprint density at radius 1 is 1.06 bits per heavy atom. The number of carbonyl (C=O) groups is 1. The first-order valence-corrected chi connectivity index (χ1v) is 5.32. The van der Waals surface area contributed by atoms with Gasteiger partial charge in [0, 0.05) is 5.56 Å². The third kappa shape index (κ3) is 2.27. The van der Waals surface area contributed by atoms with E-state index in [4.69, 9.17) is 9.84 Å². The Kier molecular flexibility index (Phi) is 3.19. The van der Waals surface area contributed by atoms with Crippen molar-refractivity contribution < 1.29 is 19.7 Å². The van der Waals surface area contributed by atoms with Crippen molar-refractivity contribution in [1.29, 1.82) is 0 Å². The van der Waals surface area contributed by atoms with Crippen molar-refractivity contribution in [2.45, 2.75) is 0 Å². The van der Waals surface area contributed by atoms with Gasteiger partial charge in [-0.15, -0.1) is 0 Å². The maximum Gasteiger partial charge on any atom is 0.196 e. The van der Waals surface area contributed by atoms with Crippen LogP contribution in [0.25, 0.3) is 0 Å². The maximum atomic E-state index is 12.1. The molecule has 0 heterocycles. The summed E-state index contributed by atoms with van der Waals surface area (Å²) in [6.45, 7) is 0. The largest absolute Gasteiger partial charge is 0.508 e. The molecular weight excluding hydrogens is 232 g/mol. The number of carbonyl (C=O) groups excluding carboxylic acids is 1. The number of aromatic hydroxyl groups is 2. The van der Waals surface area contributed by atoms with Crippen LogP contribution < -0.4 is 4.74 Å². The van der Waals surface area contributed by atoms with Crippen LogP contribution in [0.3, 0.4) is 0 Å². The summed E-state index contributed by atoms with van der Waals surface area (Å²) in [5.41, 5.74) is 0.552. The van der Waals surface area contributed by atoms with Crippen LogP contribution in [-0.4, -0.2) is 23.1 Å². The van der Waals surface area contributed by atoms with Gasteiger partial charge in [0.2, 0.25) is 0 Å². The number of methoxy groups -OCH3 is 1. The van der Waals surface area contributed by atoms with Gasteiger partial charge in [-0.3, -0.25) is 4.79 Å². The molecule has 0 fully saturated rings. The molecule has 0 aliphatic heterocycles. The average molecular weight is 244 g/mol. The van der Waals surface area contributed by atoms with Crippen LogP contribution in [0.1, 0.15) is 15.9 Å². The molecule has 2 N–H and O–H groups in total. The van der Waals surface area contributed by atoms with Gasteiger partial charge in [0.05, 0.1) is 12.7 Å². The summed E-state index contributed by atoms with van der Waals surface area (Å²) in [6.07, 6.45) is 0. The lowest BCUT2D eigenvalue weighted by molar-refractivity contribution is 0.103. The molecule has 92 valence electrons. The van der Waals surface area contributed by atoms with Gasteiger partial charge in [-0.25, -0.2) is 0 Å².